The molecule has 2 N–H and O–H groups in total. The average molecular weight is 539 g/mol. The third-order valence-corrected chi connectivity index (χ3v) is 8.08. The maximum Gasteiger partial charge on any atom is 0.305 e. The normalized spacial score (nSPS) is 14.0. The minimum absolute atomic E-state index is 0.0533. The van der Waals surface area contributed by atoms with Gasteiger partial charge in [0.05, 0.1) is 12.5 Å². The zero-order valence-electron chi connectivity index (χ0n) is 21.5. The Balaban J connectivity index is 1.42. The molecule has 0 bridgehead atoms. The Kier molecular flexibility index (Phi) is 8.18. The van der Waals surface area contributed by atoms with Crippen molar-refractivity contribution in [3.8, 4) is 11.1 Å². The molecule has 0 aliphatic heterocycles. The minimum atomic E-state index is -0.951. The summed E-state index contributed by atoms with van der Waals surface area (Å²) in [4.78, 5) is 41.5. The van der Waals surface area contributed by atoms with Crippen molar-refractivity contribution < 1.29 is 19.5 Å². The van der Waals surface area contributed by atoms with E-state index in [0.717, 1.165) is 23.3 Å². The fourth-order valence-corrected chi connectivity index (χ4v) is 5.88. The van der Waals surface area contributed by atoms with Gasteiger partial charge in [-0.25, -0.2) is 0 Å². The monoisotopic (exact) mass is 538 g/mol. The molecule has 0 saturated heterocycles. The standard InChI is InChI=1S/C32H30N2O4S/c35-30(36)18-20-34(19-17-23-9-7-21-39-23)32(38)28-14-6-4-12-26(28)25-11-3-5-13-27(25)31(37)33-29-16-15-22-8-1-2-10-24(22)29/h1-14,21,29H,15-20H2,(H,33,37)(H,35,36). The number of carboxylic acid groups (broad SMARTS) is 1. The van der Waals surface area contributed by atoms with Gasteiger partial charge in [-0.15, -0.1) is 11.3 Å². The van der Waals surface area contributed by atoms with E-state index in [1.165, 1.54) is 5.56 Å². The van der Waals surface area contributed by atoms with Crippen LogP contribution in [0.5, 0.6) is 0 Å². The van der Waals surface area contributed by atoms with Crippen LogP contribution in [0.25, 0.3) is 11.1 Å². The second kappa shape index (κ2) is 12.1. The number of nitrogens with zero attached hydrogens (tertiary/aromatic N) is 1. The fourth-order valence-electron chi connectivity index (χ4n) is 5.18. The highest BCUT2D eigenvalue weighted by atomic mass is 32.1. The Labute approximate surface area is 231 Å². The van der Waals surface area contributed by atoms with E-state index in [9.17, 15) is 19.5 Å². The summed E-state index contributed by atoms with van der Waals surface area (Å²) in [6, 6.07) is 26.7. The summed E-state index contributed by atoms with van der Waals surface area (Å²) in [5.74, 6) is -1.38. The zero-order chi connectivity index (χ0) is 27.2. The zero-order valence-corrected chi connectivity index (χ0v) is 22.3. The second-order valence-electron chi connectivity index (χ2n) is 9.62. The van der Waals surface area contributed by atoms with Gasteiger partial charge in [0, 0.05) is 29.1 Å². The lowest BCUT2D eigenvalue weighted by atomic mass is 9.94. The molecule has 5 rings (SSSR count). The van der Waals surface area contributed by atoms with E-state index in [0.29, 0.717) is 35.2 Å². The Morgan fingerprint density at radius 3 is 2.28 bits per heavy atom. The molecule has 39 heavy (non-hydrogen) atoms. The number of amides is 2. The lowest BCUT2D eigenvalue weighted by Gasteiger charge is -2.24. The number of rotatable bonds is 10. The first-order valence-corrected chi connectivity index (χ1v) is 14.0. The molecule has 1 atom stereocenters. The van der Waals surface area contributed by atoms with Crippen LogP contribution in [0.15, 0.2) is 90.3 Å². The molecule has 198 valence electrons. The number of fused-ring (bicyclic) bond motifs is 1. The van der Waals surface area contributed by atoms with Gasteiger partial charge < -0.3 is 15.3 Å². The van der Waals surface area contributed by atoms with Crippen LogP contribution < -0.4 is 5.32 Å². The molecule has 1 aliphatic carbocycles. The summed E-state index contributed by atoms with van der Waals surface area (Å²) in [5, 5.41) is 14.5. The highest BCUT2D eigenvalue weighted by Crippen LogP contribution is 2.33. The largest absolute Gasteiger partial charge is 0.481 e. The van der Waals surface area contributed by atoms with Gasteiger partial charge in [0.1, 0.15) is 0 Å². The van der Waals surface area contributed by atoms with Gasteiger partial charge in [0.2, 0.25) is 0 Å². The van der Waals surface area contributed by atoms with Gasteiger partial charge in [-0.2, -0.15) is 0 Å². The molecule has 6 nitrogen and oxygen atoms in total. The molecule has 1 unspecified atom stereocenters. The van der Waals surface area contributed by atoms with Crippen LogP contribution in [-0.2, 0) is 17.6 Å². The maximum absolute atomic E-state index is 13.8. The number of carbonyl (C=O) groups excluding carboxylic acids is 2. The number of aryl methyl sites for hydroxylation is 1. The molecule has 1 aromatic heterocycles. The van der Waals surface area contributed by atoms with Crippen molar-refractivity contribution in [1.82, 2.24) is 10.2 Å². The summed E-state index contributed by atoms with van der Waals surface area (Å²) in [7, 11) is 0. The quantitative estimate of drug-likeness (QED) is 0.260. The van der Waals surface area contributed by atoms with Crippen LogP contribution in [-0.4, -0.2) is 40.9 Å². The molecule has 0 spiro atoms. The minimum Gasteiger partial charge on any atom is -0.481 e. The Bertz CT molecular complexity index is 1480. The SMILES string of the molecule is O=C(O)CCN(CCc1cccs1)C(=O)c1ccccc1-c1ccccc1C(=O)NC1CCc2ccccc21. The third-order valence-electron chi connectivity index (χ3n) is 7.15. The molecule has 2 amide bonds. The van der Waals surface area contributed by atoms with Crippen LogP contribution >= 0.6 is 11.3 Å². The van der Waals surface area contributed by atoms with Crippen LogP contribution in [0.4, 0.5) is 0 Å². The number of nitrogens with one attached hydrogen (secondary N) is 1. The molecule has 4 aromatic rings. The third kappa shape index (κ3) is 6.10. The van der Waals surface area contributed by atoms with Crippen molar-refractivity contribution >= 4 is 29.1 Å². The summed E-state index contributed by atoms with van der Waals surface area (Å²) < 4.78 is 0. The first kappa shape index (κ1) is 26.4. The first-order valence-electron chi connectivity index (χ1n) is 13.1. The Morgan fingerprint density at radius 1 is 0.846 bits per heavy atom. The van der Waals surface area contributed by atoms with Crippen molar-refractivity contribution in [2.45, 2.75) is 31.7 Å². The maximum atomic E-state index is 13.8. The van der Waals surface area contributed by atoms with Crippen molar-refractivity contribution in [2.75, 3.05) is 13.1 Å². The van der Waals surface area contributed by atoms with Crippen molar-refractivity contribution in [3.05, 3.63) is 117 Å². The number of benzene rings is 3. The van der Waals surface area contributed by atoms with Crippen molar-refractivity contribution in [2.24, 2.45) is 0 Å². The van der Waals surface area contributed by atoms with Gasteiger partial charge in [0.15, 0.2) is 0 Å². The van der Waals surface area contributed by atoms with E-state index in [4.69, 9.17) is 0 Å². The molecule has 0 radical (unpaired) electrons. The molecule has 0 fully saturated rings. The smallest absolute Gasteiger partial charge is 0.305 e. The highest BCUT2D eigenvalue weighted by Gasteiger charge is 2.26. The van der Waals surface area contributed by atoms with Crippen LogP contribution in [0.2, 0.25) is 0 Å². The van der Waals surface area contributed by atoms with E-state index < -0.39 is 5.97 Å². The predicted molar refractivity (Wildman–Crippen MR) is 153 cm³/mol. The summed E-state index contributed by atoms with van der Waals surface area (Å²) in [6.07, 6.45) is 2.29. The van der Waals surface area contributed by atoms with Gasteiger partial charge in [-0.05, 0) is 65.1 Å². The van der Waals surface area contributed by atoms with E-state index in [-0.39, 0.29) is 30.8 Å². The number of thiophene rings is 1. The lowest BCUT2D eigenvalue weighted by Crippen LogP contribution is -2.35. The molecular formula is C32H30N2O4S. The van der Waals surface area contributed by atoms with Crippen molar-refractivity contribution in [1.29, 1.82) is 0 Å². The first-order chi connectivity index (χ1) is 19.0. The van der Waals surface area contributed by atoms with Gasteiger partial charge in [-0.1, -0.05) is 66.7 Å². The number of aliphatic carboxylic acids is 1. The number of carboxylic acids is 1. The van der Waals surface area contributed by atoms with Crippen LogP contribution in [0.1, 0.15) is 55.6 Å². The average Bonchev–Trinajstić information content (AvgIpc) is 3.63. The molecule has 1 aliphatic rings. The number of carbonyl (C=O) groups is 3. The molecule has 7 heteroatoms. The number of hydrogen-bond donors (Lipinski definition) is 2. The molecule has 3 aromatic carbocycles. The highest BCUT2D eigenvalue weighted by molar-refractivity contribution is 7.09. The van der Waals surface area contributed by atoms with Gasteiger partial charge >= 0.3 is 5.97 Å². The van der Waals surface area contributed by atoms with E-state index in [1.54, 1.807) is 34.4 Å². The van der Waals surface area contributed by atoms with Gasteiger partial charge in [-0.3, -0.25) is 14.4 Å². The van der Waals surface area contributed by atoms with Crippen molar-refractivity contribution in [3.63, 3.8) is 0 Å². The summed E-state index contributed by atoms with van der Waals surface area (Å²) in [6.45, 7) is 0.515. The predicted octanol–water partition coefficient (Wildman–Crippen LogP) is 5.99. The van der Waals surface area contributed by atoms with Gasteiger partial charge in [0.25, 0.3) is 11.8 Å². The molecular weight excluding hydrogens is 508 g/mol. The van der Waals surface area contributed by atoms with E-state index in [2.05, 4.69) is 17.4 Å². The molecule has 1 heterocycles. The summed E-state index contributed by atoms with van der Waals surface area (Å²) >= 11 is 1.61. The van der Waals surface area contributed by atoms with Crippen LogP contribution in [0, 0.1) is 0 Å². The lowest BCUT2D eigenvalue weighted by molar-refractivity contribution is -0.137. The number of hydrogen-bond acceptors (Lipinski definition) is 4. The Hall–Kier alpha value is -4.23. The topological polar surface area (TPSA) is 86.7 Å². The fraction of sp³-hybridized carbons (Fsp3) is 0.219. The second-order valence-corrected chi connectivity index (χ2v) is 10.7. The summed E-state index contributed by atoms with van der Waals surface area (Å²) in [5.41, 5.74) is 4.67. The van der Waals surface area contributed by atoms with E-state index >= 15 is 0 Å². The Morgan fingerprint density at radius 2 is 1.54 bits per heavy atom. The van der Waals surface area contributed by atoms with E-state index in [1.807, 2.05) is 60.0 Å². The molecule has 0 saturated carbocycles. The van der Waals surface area contributed by atoms with Crippen LogP contribution in [0.3, 0.4) is 0 Å².